The van der Waals surface area contributed by atoms with Gasteiger partial charge in [-0.15, -0.1) is 0 Å². The SMILES string of the molecule is Cn1c(C[C@H]2CCCC[C@H]2NCc2nc3ccccc3n2C)n[nH]c1=O. The molecule has 0 spiro atoms. The Morgan fingerprint density at radius 3 is 2.73 bits per heavy atom. The maximum Gasteiger partial charge on any atom is 0.343 e. The van der Waals surface area contributed by atoms with Crippen LogP contribution in [0.25, 0.3) is 11.0 Å². The first-order valence-corrected chi connectivity index (χ1v) is 9.37. The van der Waals surface area contributed by atoms with Crippen LogP contribution < -0.4 is 11.0 Å². The fraction of sp³-hybridized carbons (Fsp3) is 0.526. The van der Waals surface area contributed by atoms with Crippen LogP contribution in [0.15, 0.2) is 29.1 Å². The fourth-order valence-electron chi connectivity index (χ4n) is 4.09. The molecule has 2 N–H and O–H groups in total. The van der Waals surface area contributed by atoms with E-state index < -0.39 is 0 Å². The van der Waals surface area contributed by atoms with Crippen LogP contribution in [-0.2, 0) is 27.1 Å². The van der Waals surface area contributed by atoms with Crippen molar-refractivity contribution >= 4 is 11.0 Å². The van der Waals surface area contributed by atoms with E-state index >= 15 is 0 Å². The number of rotatable bonds is 5. The molecular formula is C19H26N6O. The van der Waals surface area contributed by atoms with Crippen LogP contribution in [0.3, 0.4) is 0 Å². The van der Waals surface area contributed by atoms with Crippen molar-refractivity contribution in [1.82, 2.24) is 29.6 Å². The maximum atomic E-state index is 11.6. The van der Waals surface area contributed by atoms with Crippen LogP contribution in [0.4, 0.5) is 0 Å². The van der Waals surface area contributed by atoms with Gasteiger partial charge in [0.1, 0.15) is 11.6 Å². The van der Waals surface area contributed by atoms with Gasteiger partial charge >= 0.3 is 5.69 Å². The third kappa shape index (κ3) is 3.19. The highest BCUT2D eigenvalue weighted by atomic mass is 16.1. The number of aromatic nitrogens is 5. The summed E-state index contributed by atoms with van der Waals surface area (Å²) in [6.07, 6.45) is 5.65. The first-order chi connectivity index (χ1) is 12.6. The highest BCUT2D eigenvalue weighted by Crippen LogP contribution is 2.27. The third-order valence-electron chi connectivity index (χ3n) is 5.73. The van der Waals surface area contributed by atoms with Crippen molar-refractivity contribution in [3.63, 3.8) is 0 Å². The molecule has 0 radical (unpaired) electrons. The Bertz CT molecular complexity index is 952. The summed E-state index contributed by atoms with van der Waals surface area (Å²) in [7, 11) is 3.86. The molecule has 1 aromatic carbocycles. The minimum absolute atomic E-state index is 0.139. The Morgan fingerprint density at radius 1 is 1.15 bits per heavy atom. The molecule has 7 heteroatoms. The molecule has 3 aromatic rings. The van der Waals surface area contributed by atoms with Gasteiger partial charge in [-0.3, -0.25) is 4.57 Å². The summed E-state index contributed by atoms with van der Waals surface area (Å²) >= 11 is 0. The van der Waals surface area contributed by atoms with Gasteiger partial charge in [0.15, 0.2) is 0 Å². The van der Waals surface area contributed by atoms with E-state index in [1.54, 1.807) is 11.6 Å². The molecule has 1 aliphatic rings. The largest absolute Gasteiger partial charge is 0.343 e. The normalized spacial score (nSPS) is 20.7. The van der Waals surface area contributed by atoms with Crippen molar-refractivity contribution in [3.8, 4) is 0 Å². The molecule has 2 atom stereocenters. The molecule has 4 rings (SSSR count). The topological polar surface area (TPSA) is 80.5 Å². The number of aromatic amines is 1. The summed E-state index contributed by atoms with van der Waals surface area (Å²) < 4.78 is 3.79. The van der Waals surface area contributed by atoms with Gasteiger partial charge in [0.05, 0.1) is 17.6 Å². The van der Waals surface area contributed by atoms with Gasteiger partial charge in [-0.05, 0) is 30.9 Å². The Balaban J connectivity index is 1.47. The average molecular weight is 354 g/mol. The standard InChI is InChI=1S/C19H26N6O/c1-24-16-10-6-5-9-15(16)21-18(24)12-20-14-8-4-3-7-13(14)11-17-22-23-19(26)25(17)2/h5-6,9-10,13-14,20H,3-4,7-8,11-12H2,1-2H3,(H,23,26)/t13-,14-/m1/s1. The first-order valence-electron chi connectivity index (χ1n) is 9.37. The van der Waals surface area contributed by atoms with Crippen molar-refractivity contribution in [2.75, 3.05) is 0 Å². The quantitative estimate of drug-likeness (QED) is 0.733. The average Bonchev–Trinajstić information content (AvgIpc) is 3.15. The Kier molecular flexibility index (Phi) is 4.63. The molecule has 2 aromatic heterocycles. The Morgan fingerprint density at radius 2 is 1.96 bits per heavy atom. The molecule has 0 saturated heterocycles. The van der Waals surface area contributed by atoms with Gasteiger partial charge < -0.3 is 9.88 Å². The summed E-state index contributed by atoms with van der Waals surface area (Å²) in [4.78, 5) is 16.4. The smallest absolute Gasteiger partial charge is 0.330 e. The molecule has 0 bridgehead atoms. The van der Waals surface area contributed by atoms with E-state index in [0.29, 0.717) is 12.0 Å². The first kappa shape index (κ1) is 17.0. The second-order valence-corrected chi connectivity index (χ2v) is 7.32. The Hall–Kier alpha value is -2.41. The van der Waals surface area contributed by atoms with Crippen molar-refractivity contribution in [1.29, 1.82) is 0 Å². The van der Waals surface area contributed by atoms with Gasteiger partial charge in [0.2, 0.25) is 0 Å². The lowest BCUT2D eigenvalue weighted by Gasteiger charge is -2.32. The molecule has 0 aliphatic heterocycles. The number of aryl methyl sites for hydroxylation is 1. The van der Waals surface area contributed by atoms with Gasteiger partial charge in [-0.2, -0.15) is 5.10 Å². The lowest BCUT2D eigenvalue weighted by molar-refractivity contribution is 0.253. The number of para-hydroxylation sites is 2. The zero-order valence-corrected chi connectivity index (χ0v) is 15.4. The zero-order valence-electron chi connectivity index (χ0n) is 15.4. The molecule has 26 heavy (non-hydrogen) atoms. The lowest BCUT2D eigenvalue weighted by Crippen LogP contribution is -2.40. The van der Waals surface area contributed by atoms with Crippen molar-refractivity contribution in [3.05, 3.63) is 46.4 Å². The number of H-pyrrole nitrogens is 1. The van der Waals surface area contributed by atoms with Crippen LogP contribution in [0.1, 0.15) is 37.3 Å². The monoisotopic (exact) mass is 354 g/mol. The second kappa shape index (κ2) is 7.07. The van der Waals surface area contributed by atoms with E-state index in [1.165, 1.54) is 19.3 Å². The minimum atomic E-state index is -0.139. The summed E-state index contributed by atoms with van der Waals surface area (Å²) in [5.41, 5.74) is 2.06. The van der Waals surface area contributed by atoms with Crippen LogP contribution in [0.2, 0.25) is 0 Å². The zero-order chi connectivity index (χ0) is 18.1. The second-order valence-electron chi connectivity index (χ2n) is 7.32. The van der Waals surface area contributed by atoms with Crippen molar-refractivity contribution in [2.24, 2.45) is 20.0 Å². The number of nitrogens with one attached hydrogen (secondary N) is 2. The third-order valence-corrected chi connectivity index (χ3v) is 5.73. The van der Waals surface area contributed by atoms with E-state index in [2.05, 4.69) is 39.3 Å². The molecule has 0 amide bonds. The van der Waals surface area contributed by atoms with Gasteiger partial charge in [-0.25, -0.2) is 14.9 Å². The van der Waals surface area contributed by atoms with E-state index in [9.17, 15) is 4.79 Å². The predicted octanol–water partition coefficient (Wildman–Crippen LogP) is 1.89. The summed E-state index contributed by atoms with van der Waals surface area (Å²) in [6, 6.07) is 8.66. The predicted molar refractivity (Wildman–Crippen MR) is 101 cm³/mol. The van der Waals surface area contributed by atoms with Crippen LogP contribution in [0.5, 0.6) is 0 Å². The van der Waals surface area contributed by atoms with Crippen molar-refractivity contribution < 1.29 is 0 Å². The van der Waals surface area contributed by atoms with E-state index in [1.807, 2.05) is 12.1 Å². The lowest BCUT2D eigenvalue weighted by atomic mass is 9.82. The summed E-state index contributed by atoms with van der Waals surface area (Å²) in [5.74, 6) is 2.39. The Labute approximate surface area is 152 Å². The van der Waals surface area contributed by atoms with Gasteiger partial charge in [0.25, 0.3) is 0 Å². The van der Waals surface area contributed by atoms with E-state index in [4.69, 9.17) is 4.98 Å². The highest BCUT2D eigenvalue weighted by molar-refractivity contribution is 5.75. The highest BCUT2D eigenvalue weighted by Gasteiger charge is 2.27. The van der Waals surface area contributed by atoms with Crippen molar-refractivity contribution in [2.45, 2.75) is 44.7 Å². The van der Waals surface area contributed by atoms with Crippen LogP contribution in [-0.4, -0.2) is 30.4 Å². The maximum absolute atomic E-state index is 11.6. The summed E-state index contributed by atoms with van der Waals surface area (Å²) in [6.45, 7) is 0.756. The molecule has 1 saturated carbocycles. The number of fused-ring (bicyclic) bond motifs is 1. The molecular weight excluding hydrogens is 328 g/mol. The molecule has 138 valence electrons. The van der Waals surface area contributed by atoms with Crippen LogP contribution in [0, 0.1) is 5.92 Å². The van der Waals surface area contributed by atoms with E-state index in [-0.39, 0.29) is 5.69 Å². The molecule has 1 aliphatic carbocycles. The number of hydrogen-bond donors (Lipinski definition) is 2. The molecule has 7 nitrogen and oxygen atoms in total. The van der Waals surface area contributed by atoms with Crippen LogP contribution >= 0.6 is 0 Å². The summed E-state index contributed by atoms with van der Waals surface area (Å²) in [5, 5.41) is 10.5. The fourth-order valence-corrected chi connectivity index (χ4v) is 4.09. The van der Waals surface area contributed by atoms with E-state index in [0.717, 1.165) is 42.1 Å². The number of imidazole rings is 1. The minimum Gasteiger partial charge on any atom is -0.330 e. The number of hydrogen-bond acceptors (Lipinski definition) is 4. The molecule has 1 fully saturated rings. The van der Waals surface area contributed by atoms with Gasteiger partial charge in [-0.1, -0.05) is 25.0 Å². The molecule has 2 heterocycles. The van der Waals surface area contributed by atoms with Gasteiger partial charge in [0, 0.05) is 26.6 Å². The number of nitrogens with zero attached hydrogens (tertiary/aromatic N) is 4. The molecule has 0 unspecified atom stereocenters. The number of benzene rings is 1.